The van der Waals surface area contributed by atoms with Gasteiger partial charge in [-0.3, -0.25) is 14.5 Å². The summed E-state index contributed by atoms with van der Waals surface area (Å²) in [5.41, 5.74) is 2.91. The number of aryl methyl sites for hydroxylation is 2. The summed E-state index contributed by atoms with van der Waals surface area (Å²) in [7, 11) is 0. The summed E-state index contributed by atoms with van der Waals surface area (Å²) >= 11 is 3.53. The fourth-order valence-corrected chi connectivity index (χ4v) is 3.67. The molecule has 21 heavy (non-hydrogen) atoms. The zero-order chi connectivity index (χ0) is 15.7. The van der Waals surface area contributed by atoms with E-state index in [1.165, 1.54) is 0 Å². The van der Waals surface area contributed by atoms with Crippen molar-refractivity contribution in [2.75, 3.05) is 11.4 Å². The van der Waals surface area contributed by atoms with Gasteiger partial charge < -0.3 is 5.32 Å². The molecule has 0 aliphatic carbocycles. The lowest BCUT2D eigenvalue weighted by Gasteiger charge is -2.34. The van der Waals surface area contributed by atoms with Crippen molar-refractivity contribution in [2.45, 2.75) is 40.2 Å². The van der Waals surface area contributed by atoms with E-state index in [1.807, 2.05) is 39.8 Å². The van der Waals surface area contributed by atoms with Crippen molar-refractivity contribution >= 4 is 33.4 Å². The number of anilines is 1. The zero-order valence-corrected chi connectivity index (χ0v) is 14.5. The number of carbonyl (C=O) groups is 2. The smallest absolute Gasteiger partial charge is 0.250 e. The molecule has 1 heterocycles. The van der Waals surface area contributed by atoms with Crippen LogP contribution in [-0.4, -0.2) is 24.4 Å². The SMILES string of the molecule is Cc1cc(C)c(N2CC(=O)NC(CC(C)C)C2=O)c(Br)c1. The number of rotatable bonds is 3. The van der Waals surface area contributed by atoms with Gasteiger partial charge in [0, 0.05) is 4.47 Å². The highest BCUT2D eigenvalue weighted by atomic mass is 79.9. The summed E-state index contributed by atoms with van der Waals surface area (Å²) in [4.78, 5) is 26.2. The number of halogens is 1. The molecule has 114 valence electrons. The minimum absolute atomic E-state index is 0.0315. The number of hydrogen-bond donors (Lipinski definition) is 1. The molecule has 2 amide bonds. The monoisotopic (exact) mass is 352 g/mol. The molecule has 0 aromatic heterocycles. The fourth-order valence-electron chi connectivity index (χ4n) is 2.78. The number of amides is 2. The summed E-state index contributed by atoms with van der Waals surface area (Å²) in [5, 5.41) is 2.80. The van der Waals surface area contributed by atoms with Gasteiger partial charge in [-0.15, -0.1) is 0 Å². The molecule has 2 rings (SSSR count). The summed E-state index contributed by atoms with van der Waals surface area (Å²) in [5.74, 6) is 0.213. The van der Waals surface area contributed by atoms with Crippen LogP contribution in [0.15, 0.2) is 16.6 Å². The minimum atomic E-state index is -0.432. The summed E-state index contributed by atoms with van der Waals surface area (Å²) in [6.07, 6.45) is 0.656. The van der Waals surface area contributed by atoms with Crippen LogP contribution in [0.1, 0.15) is 31.4 Å². The fraction of sp³-hybridized carbons (Fsp3) is 0.500. The van der Waals surface area contributed by atoms with E-state index in [0.29, 0.717) is 12.3 Å². The Balaban J connectivity index is 2.38. The van der Waals surface area contributed by atoms with E-state index in [4.69, 9.17) is 0 Å². The molecule has 1 unspecified atom stereocenters. The third-order valence-electron chi connectivity index (χ3n) is 3.58. The first-order valence-electron chi connectivity index (χ1n) is 7.17. The number of nitrogens with one attached hydrogen (secondary N) is 1. The lowest BCUT2D eigenvalue weighted by molar-refractivity contribution is -0.131. The third kappa shape index (κ3) is 3.46. The average Bonchev–Trinajstić information content (AvgIpc) is 2.32. The predicted molar refractivity (Wildman–Crippen MR) is 87.4 cm³/mol. The van der Waals surface area contributed by atoms with Crippen molar-refractivity contribution < 1.29 is 9.59 Å². The van der Waals surface area contributed by atoms with Crippen LogP contribution in [0, 0.1) is 19.8 Å². The Morgan fingerprint density at radius 3 is 2.57 bits per heavy atom. The van der Waals surface area contributed by atoms with E-state index in [0.717, 1.165) is 21.3 Å². The van der Waals surface area contributed by atoms with Gasteiger partial charge in [0.25, 0.3) is 0 Å². The topological polar surface area (TPSA) is 49.4 Å². The molecule has 1 N–H and O–H groups in total. The summed E-state index contributed by atoms with van der Waals surface area (Å²) in [6, 6.07) is 3.57. The Morgan fingerprint density at radius 2 is 2.00 bits per heavy atom. The maximum atomic E-state index is 12.7. The van der Waals surface area contributed by atoms with E-state index >= 15 is 0 Å². The van der Waals surface area contributed by atoms with Crippen LogP contribution < -0.4 is 10.2 Å². The number of carbonyl (C=O) groups excluding carboxylic acids is 2. The minimum Gasteiger partial charge on any atom is -0.343 e. The van der Waals surface area contributed by atoms with Crippen LogP contribution in [0.4, 0.5) is 5.69 Å². The molecule has 1 saturated heterocycles. The average molecular weight is 353 g/mol. The van der Waals surface area contributed by atoms with Crippen molar-refractivity contribution in [1.82, 2.24) is 5.32 Å². The number of hydrogen-bond acceptors (Lipinski definition) is 2. The molecular weight excluding hydrogens is 332 g/mol. The second kappa shape index (κ2) is 6.18. The number of piperazine rings is 1. The Morgan fingerprint density at radius 1 is 1.33 bits per heavy atom. The normalized spacial score (nSPS) is 19.1. The standard InChI is InChI=1S/C16H21BrN2O2/c1-9(2)5-13-16(21)19(8-14(20)18-13)15-11(4)6-10(3)7-12(15)17/h6-7,9,13H,5,8H2,1-4H3,(H,18,20). The molecule has 1 atom stereocenters. The van der Waals surface area contributed by atoms with Crippen molar-refractivity contribution in [3.63, 3.8) is 0 Å². The maximum absolute atomic E-state index is 12.7. The highest BCUT2D eigenvalue weighted by Crippen LogP contribution is 2.33. The van der Waals surface area contributed by atoms with Crippen molar-refractivity contribution in [1.29, 1.82) is 0 Å². The maximum Gasteiger partial charge on any atom is 0.250 e. The summed E-state index contributed by atoms with van der Waals surface area (Å²) < 4.78 is 0.853. The van der Waals surface area contributed by atoms with E-state index in [2.05, 4.69) is 21.2 Å². The van der Waals surface area contributed by atoms with E-state index in [-0.39, 0.29) is 18.4 Å². The molecule has 1 aliphatic rings. The van der Waals surface area contributed by atoms with Gasteiger partial charge in [0.15, 0.2) is 0 Å². The largest absolute Gasteiger partial charge is 0.343 e. The first-order chi connectivity index (χ1) is 9.79. The van der Waals surface area contributed by atoms with E-state index in [9.17, 15) is 9.59 Å². The molecular formula is C16H21BrN2O2. The van der Waals surface area contributed by atoms with Gasteiger partial charge in [-0.1, -0.05) is 19.9 Å². The van der Waals surface area contributed by atoms with Gasteiger partial charge in [-0.25, -0.2) is 0 Å². The Labute approximate surface area is 134 Å². The Kier molecular flexibility index (Phi) is 4.71. The van der Waals surface area contributed by atoms with Crippen molar-refractivity contribution in [3.05, 3.63) is 27.7 Å². The lowest BCUT2D eigenvalue weighted by Crippen LogP contribution is -2.58. The second-order valence-electron chi connectivity index (χ2n) is 6.09. The Hall–Kier alpha value is -1.36. The zero-order valence-electron chi connectivity index (χ0n) is 12.9. The number of benzene rings is 1. The number of nitrogens with zero attached hydrogens (tertiary/aromatic N) is 1. The van der Waals surface area contributed by atoms with E-state index < -0.39 is 6.04 Å². The van der Waals surface area contributed by atoms with Crippen LogP contribution in [0.2, 0.25) is 0 Å². The molecule has 1 aromatic rings. The van der Waals surface area contributed by atoms with Gasteiger partial charge in [0.05, 0.1) is 5.69 Å². The van der Waals surface area contributed by atoms with Gasteiger partial charge in [0.1, 0.15) is 12.6 Å². The lowest BCUT2D eigenvalue weighted by atomic mass is 10.00. The van der Waals surface area contributed by atoms with Crippen LogP contribution in [-0.2, 0) is 9.59 Å². The van der Waals surface area contributed by atoms with Gasteiger partial charge in [0.2, 0.25) is 11.8 Å². The molecule has 1 aromatic carbocycles. The Bertz CT molecular complexity index is 561. The van der Waals surface area contributed by atoms with Crippen LogP contribution in [0.3, 0.4) is 0 Å². The highest BCUT2D eigenvalue weighted by molar-refractivity contribution is 9.10. The van der Waals surface area contributed by atoms with Gasteiger partial charge in [-0.05, 0) is 59.3 Å². The van der Waals surface area contributed by atoms with Gasteiger partial charge in [-0.2, -0.15) is 0 Å². The van der Waals surface area contributed by atoms with Crippen molar-refractivity contribution in [2.24, 2.45) is 5.92 Å². The molecule has 0 bridgehead atoms. The quantitative estimate of drug-likeness (QED) is 0.908. The molecule has 0 spiro atoms. The van der Waals surface area contributed by atoms with Gasteiger partial charge >= 0.3 is 0 Å². The third-order valence-corrected chi connectivity index (χ3v) is 4.18. The summed E-state index contributed by atoms with van der Waals surface area (Å²) in [6.45, 7) is 8.14. The molecule has 0 radical (unpaired) electrons. The predicted octanol–water partition coefficient (Wildman–Crippen LogP) is 2.94. The second-order valence-corrected chi connectivity index (χ2v) is 6.94. The highest BCUT2D eigenvalue weighted by Gasteiger charge is 2.35. The van der Waals surface area contributed by atoms with Crippen LogP contribution in [0.25, 0.3) is 0 Å². The molecule has 1 aliphatic heterocycles. The first-order valence-corrected chi connectivity index (χ1v) is 7.96. The first kappa shape index (κ1) is 16.0. The van der Waals surface area contributed by atoms with Crippen LogP contribution in [0.5, 0.6) is 0 Å². The molecule has 4 nitrogen and oxygen atoms in total. The molecule has 1 fully saturated rings. The van der Waals surface area contributed by atoms with Crippen molar-refractivity contribution in [3.8, 4) is 0 Å². The molecule has 5 heteroatoms. The van der Waals surface area contributed by atoms with E-state index in [1.54, 1.807) is 4.90 Å². The van der Waals surface area contributed by atoms with Crippen LogP contribution >= 0.6 is 15.9 Å². The molecule has 0 saturated carbocycles.